The predicted molar refractivity (Wildman–Crippen MR) is 104 cm³/mol. The van der Waals surface area contributed by atoms with Crippen LogP contribution >= 0.6 is 0 Å². The first kappa shape index (κ1) is 22.0. The summed E-state index contributed by atoms with van der Waals surface area (Å²) in [5.74, 6) is 0. The maximum Gasteiger partial charge on any atom is -0.0533 e. The van der Waals surface area contributed by atoms with Crippen LogP contribution in [0.1, 0.15) is 142 Å². The third-order valence-corrected chi connectivity index (χ3v) is 4.96. The van der Waals surface area contributed by atoms with Crippen molar-refractivity contribution in [2.75, 3.05) is 0 Å². The Labute approximate surface area is 142 Å². The van der Waals surface area contributed by atoms with Crippen molar-refractivity contribution in [1.29, 1.82) is 0 Å². The summed E-state index contributed by atoms with van der Waals surface area (Å²) in [4.78, 5) is 0. The van der Waals surface area contributed by atoms with E-state index in [1.807, 2.05) is 0 Å². The molecule has 0 N–H and O–H groups in total. The van der Waals surface area contributed by atoms with Crippen molar-refractivity contribution in [1.82, 2.24) is 0 Å². The van der Waals surface area contributed by atoms with Gasteiger partial charge in [-0.3, -0.25) is 0 Å². The summed E-state index contributed by atoms with van der Waals surface area (Å²) in [6, 6.07) is 0. The molecule has 0 aromatic rings. The average Bonchev–Trinajstić information content (AvgIpc) is 2.58. The molecule has 0 aromatic heterocycles. The van der Waals surface area contributed by atoms with Crippen LogP contribution in [-0.2, 0) is 0 Å². The molecule has 0 heteroatoms. The first-order valence-electron chi connectivity index (χ1n) is 10.9. The van der Waals surface area contributed by atoms with Crippen molar-refractivity contribution >= 4 is 0 Å². The van der Waals surface area contributed by atoms with Gasteiger partial charge in [-0.1, -0.05) is 142 Å². The molecule has 0 radical (unpaired) electrons. The van der Waals surface area contributed by atoms with Gasteiger partial charge in [0.05, 0.1) is 0 Å². The highest BCUT2D eigenvalue weighted by molar-refractivity contribution is 4.51. The molecule has 0 bridgehead atoms. The van der Waals surface area contributed by atoms with Crippen LogP contribution in [-0.4, -0.2) is 0 Å². The summed E-state index contributed by atoms with van der Waals surface area (Å²) >= 11 is 0. The molecule has 0 heterocycles. The Kier molecular flexibility index (Phi) is 21.0. The molecule has 0 spiro atoms. The summed E-state index contributed by atoms with van der Waals surface area (Å²) in [6.07, 6.45) is 29.4. The van der Waals surface area contributed by atoms with Crippen molar-refractivity contribution < 1.29 is 0 Å². The molecule has 0 aromatic carbocycles. The molecule has 0 saturated heterocycles. The second kappa shape index (κ2) is 21.0. The lowest BCUT2D eigenvalue weighted by Gasteiger charge is -2.05. The van der Waals surface area contributed by atoms with Gasteiger partial charge in [0.1, 0.15) is 0 Å². The van der Waals surface area contributed by atoms with Crippen molar-refractivity contribution in [2.45, 2.75) is 142 Å². The van der Waals surface area contributed by atoms with Gasteiger partial charge in [0, 0.05) is 0 Å². The molecule has 0 aliphatic heterocycles. The first-order chi connectivity index (χ1) is 10.9. The summed E-state index contributed by atoms with van der Waals surface area (Å²) in [7, 11) is 0. The van der Waals surface area contributed by atoms with E-state index in [1.54, 1.807) is 0 Å². The largest absolute Gasteiger partial charge is 0.0654 e. The van der Waals surface area contributed by atoms with Crippen LogP contribution in [0.5, 0.6) is 0 Å². The minimum Gasteiger partial charge on any atom is -0.0654 e. The van der Waals surface area contributed by atoms with Gasteiger partial charge in [0.15, 0.2) is 0 Å². The quantitative estimate of drug-likeness (QED) is 0.298. The lowest BCUT2D eigenvalue weighted by Crippen LogP contribution is -1.85. The molecular formula is C22H46. The minimum absolute atomic E-state index is 1.37. The summed E-state index contributed by atoms with van der Waals surface area (Å²) < 4.78 is 0. The van der Waals surface area contributed by atoms with Gasteiger partial charge in [0.25, 0.3) is 0 Å². The van der Waals surface area contributed by atoms with Crippen molar-refractivity contribution in [3.05, 3.63) is 0 Å². The van der Waals surface area contributed by atoms with Crippen LogP contribution in [0.25, 0.3) is 0 Å². The Hall–Kier alpha value is 0. The minimum atomic E-state index is 1.37. The molecular weight excluding hydrogens is 264 g/mol. The molecule has 0 atom stereocenters. The van der Waals surface area contributed by atoms with Gasteiger partial charge in [-0.15, -0.1) is 0 Å². The van der Waals surface area contributed by atoms with E-state index < -0.39 is 0 Å². The number of rotatable bonds is 13. The smallest absolute Gasteiger partial charge is 0.0533 e. The molecule has 1 saturated carbocycles. The van der Waals surface area contributed by atoms with Gasteiger partial charge in [-0.2, -0.15) is 0 Å². The molecule has 134 valence electrons. The second-order valence-electron chi connectivity index (χ2n) is 7.36. The van der Waals surface area contributed by atoms with Crippen molar-refractivity contribution in [3.63, 3.8) is 0 Å². The summed E-state index contributed by atoms with van der Waals surface area (Å²) in [6.45, 7) is 4.58. The Balaban J connectivity index is 0.000000604. The molecule has 0 nitrogen and oxygen atoms in total. The normalized spacial score (nSPS) is 14.5. The molecule has 1 fully saturated rings. The highest BCUT2D eigenvalue weighted by Gasteiger charge is 1.95. The third-order valence-electron chi connectivity index (χ3n) is 4.96. The van der Waals surface area contributed by atoms with E-state index in [1.165, 1.54) is 128 Å². The molecule has 0 amide bonds. The van der Waals surface area contributed by atoms with Crippen molar-refractivity contribution in [3.8, 4) is 0 Å². The van der Waals surface area contributed by atoms with Gasteiger partial charge in [-0.25, -0.2) is 0 Å². The standard InChI is InChI=1S/C16H34.C6H12/c1-3-5-7-9-11-13-15-16-14-12-10-8-6-4-2;1-2-4-6-5-3-1/h3-16H2,1-2H3;1-6H2. The fraction of sp³-hybridized carbons (Fsp3) is 1.00. The Bertz CT molecular complexity index is 143. The highest BCUT2D eigenvalue weighted by Crippen LogP contribution is 2.15. The van der Waals surface area contributed by atoms with E-state index in [0.717, 1.165) is 0 Å². The SMILES string of the molecule is C1CCCCC1.CCCCCCCCCCCCCCCC. The van der Waals surface area contributed by atoms with Gasteiger partial charge >= 0.3 is 0 Å². The molecule has 22 heavy (non-hydrogen) atoms. The molecule has 1 aliphatic carbocycles. The lowest BCUT2D eigenvalue weighted by molar-refractivity contribution is 0.504. The average molecular weight is 311 g/mol. The zero-order chi connectivity index (χ0) is 16.1. The number of hydrogen-bond donors (Lipinski definition) is 0. The van der Waals surface area contributed by atoms with Crippen LogP contribution in [0.3, 0.4) is 0 Å². The predicted octanol–water partition coefficient (Wildman–Crippen LogP) is 8.83. The maximum absolute atomic E-state index is 2.29. The van der Waals surface area contributed by atoms with E-state index in [9.17, 15) is 0 Å². The third kappa shape index (κ3) is 20.0. The maximum atomic E-state index is 2.29. The van der Waals surface area contributed by atoms with E-state index in [0.29, 0.717) is 0 Å². The lowest BCUT2D eigenvalue weighted by atomic mass is 10.0. The van der Waals surface area contributed by atoms with Gasteiger partial charge in [-0.05, 0) is 0 Å². The number of hydrogen-bond acceptors (Lipinski definition) is 0. The van der Waals surface area contributed by atoms with E-state index >= 15 is 0 Å². The van der Waals surface area contributed by atoms with Crippen LogP contribution in [0.2, 0.25) is 0 Å². The topological polar surface area (TPSA) is 0 Å². The summed E-state index contributed by atoms with van der Waals surface area (Å²) in [5.41, 5.74) is 0. The van der Waals surface area contributed by atoms with Crippen molar-refractivity contribution in [2.24, 2.45) is 0 Å². The Morgan fingerprint density at radius 1 is 0.318 bits per heavy atom. The highest BCUT2D eigenvalue weighted by atomic mass is 14.0. The van der Waals surface area contributed by atoms with Crippen LogP contribution in [0.4, 0.5) is 0 Å². The van der Waals surface area contributed by atoms with Gasteiger partial charge in [0.2, 0.25) is 0 Å². The fourth-order valence-corrected chi connectivity index (χ4v) is 3.33. The van der Waals surface area contributed by atoms with Crippen LogP contribution in [0, 0.1) is 0 Å². The Morgan fingerprint density at radius 2 is 0.500 bits per heavy atom. The van der Waals surface area contributed by atoms with Crippen LogP contribution < -0.4 is 0 Å². The van der Waals surface area contributed by atoms with E-state index in [-0.39, 0.29) is 0 Å². The van der Waals surface area contributed by atoms with E-state index in [2.05, 4.69) is 13.8 Å². The summed E-state index contributed by atoms with van der Waals surface area (Å²) in [5, 5.41) is 0. The van der Waals surface area contributed by atoms with Gasteiger partial charge < -0.3 is 0 Å². The fourth-order valence-electron chi connectivity index (χ4n) is 3.33. The number of unbranched alkanes of at least 4 members (excludes halogenated alkanes) is 13. The van der Waals surface area contributed by atoms with E-state index in [4.69, 9.17) is 0 Å². The zero-order valence-corrected chi connectivity index (χ0v) is 16.1. The molecule has 1 aliphatic rings. The molecule has 1 rings (SSSR count). The Morgan fingerprint density at radius 3 is 0.682 bits per heavy atom. The zero-order valence-electron chi connectivity index (χ0n) is 16.1. The monoisotopic (exact) mass is 310 g/mol. The molecule has 0 unspecified atom stereocenters. The van der Waals surface area contributed by atoms with Crippen LogP contribution in [0.15, 0.2) is 0 Å². The first-order valence-corrected chi connectivity index (χ1v) is 10.9. The second-order valence-corrected chi connectivity index (χ2v) is 7.36.